The van der Waals surface area contributed by atoms with E-state index in [1.807, 2.05) is 45.3 Å². The number of benzene rings is 1. The van der Waals surface area contributed by atoms with Gasteiger partial charge >= 0.3 is 0 Å². The molecule has 8 heteroatoms. The molecule has 0 radical (unpaired) electrons. The molecule has 1 amide bonds. The molecule has 1 N–H and O–H groups in total. The lowest BCUT2D eigenvalue weighted by molar-refractivity contribution is 0.0939. The molecule has 30 heavy (non-hydrogen) atoms. The van der Waals surface area contributed by atoms with E-state index in [1.165, 1.54) is 0 Å². The van der Waals surface area contributed by atoms with Gasteiger partial charge in [-0.1, -0.05) is 6.07 Å². The zero-order chi connectivity index (χ0) is 21.1. The topological polar surface area (TPSA) is 85.2 Å². The van der Waals surface area contributed by atoms with Crippen molar-refractivity contribution in [3.05, 3.63) is 54.5 Å². The molecule has 1 atom stereocenters. The summed E-state index contributed by atoms with van der Waals surface area (Å²) in [4.78, 5) is 23.9. The van der Waals surface area contributed by atoms with Gasteiger partial charge in [0.25, 0.3) is 5.91 Å². The summed E-state index contributed by atoms with van der Waals surface area (Å²) >= 11 is 0. The summed E-state index contributed by atoms with van der Waals surface area (Å²) in [6, 6.07) is 9.20. The van der Waals surface area contributed by atoms with Crippen LogP contribution in [0.5, 0.6) is 5.75 Å². The third kappa shape index (κ3) is 4.59. The Morgan fingerprint density at radius 3 is 2.93 bits per heavy atom. The third-order valence-electron chi connectivity index (χ3n) is 4.92. The van der Waals surface area contributed by atoms with Crippen LogP contribution in [0.25, 0.3) is 11.3 Å². The molecule has 3 heterocycles. The maximum absolute atomic E-state index is 12.7. The van der Waals surface area contributed by atoms with Gasteiger partial charge in [0.1, 0.15) is 5.75 Å². The van der Waals surface area contributed by atoms with Crippen molar-refractivity contribution in [1.82, 2.24) is 25.1 Å². The van der Waals surface area contributed by atoms with Crippen LogP contribution in [0, 0.1) is 0 Å². The quantitative estimate of drug-likeness (QED) is 0.677. The molecule has 1 fully saturated rings. The van der Waals surface area contributed by atoms with Crippen LogP contribution in [0.3, 0.4) is 0 Å². The highest BCUT2D eigenvalue weighted by molar-refractivity contribution is 5.94. The molecule has 4 rings (SSSR count). The maximum Gasteiger partial charge on any atom is 0.251 e. The van der Waals surface area contributed by atoms with Crippen LogP contribution in [0.1, 0.15) is 30.6 Å². The van der Waals surface area contributed by atoms with Crippen LogP contribution in [0.2, 0.25) is 0 Å². The fourth-order valence-electron chi connectivity index (χ4n) is 3.53. The van der Waals surface area contributed by atoms with E-state index in [-0.39, 0.29) is 18.1 Å². The smallest absolute Gasteiger partial charge is 0.251 e. The van der Waals surface area contributed by atoms with Gasteiger partial charge in [0.2, 0.25) is 5.95 Å². The number of anilines is 1. The Morgan fingerprint density at radius 2 is 2.17 bits per heavy atom. The zero-order valence-electron chi connectivity index (χ0n) is 17.4. The van der Waals surface area contributed by atoms with Crippen molar-refractivity contribution in [2.24, 2.45) is 7.05 Å². The van der Waals surface area contributed by atoms with Gasteiger partial charge in [-0.3, -0.25) is 9.48 Å². The summed E-state index contributed by atoms with van der Waals surface area (Å²) < 4.78 is 7.44. The number of ether oxygens (including phenoxy) is 1. The normalized spacial score (nSPS) is 16.1. The Balaban J connectivity index is 1.40. The van der Waals surface area contributed by atoms with E-state index >= 15 is 0 Å². The van der Waals surface area contributed by atoms with Crippen molar-refractivity contribution >= 4 is 11.9 Å². The summed E-state index contributed by atoms with van der Waals surface area (Å²) in [7, 11) is 1.88. The second-order valence-electron chi connectivity index (χ2n) is 7.74. The van der Waals surface area contributed by atoms with Gasteiger partial charge in [0.05, 0.1) is 18.0 Å². The van der Waals surface area contributed by atoms with Crippen molar-refractivity contribution in [1.29, 1.82) is 0 Å². The third-order valence-corrected chi connectivity index (χ3v) is 4.92. The van der Waals surface area contributed by atoms with E-state index in [0.29, 0.717) is 23.8 Å². The molecule has 8 nitrogen and oxygen atoms in total. The first-order valence-electron chi connectivity index (χ1n) is 10.1. The van der Waals surface area contributed by atoms with Crippen molar-refractivity contribution in [2.45, 2.75) is 32.4 Å². The average molecular weight is 406 g/mol. The van der Waals surface area contributed by atoms with Crippen molar-refractivity contribution in [3.8, 4) is 17.0 Å². The number of hydrogen-bond acceptors (Lipinski definition) is 6. The molecule has 0 aliphatic carbocycles. The molecule has 0 bridgehead atoms. The fraction of sp³-hybridized carbons (Fsp3) is 0.364. The lowest BCUT2D eigenvalue weighted by Crippen LogP contribution is -2.37. The molecule has 1 aliphatic heterocycles. The Labute approximate surface area is 175 Å². The van der Waals surface area contributed by atoms with Crippen molar-refractivity contribution < 1.29 is 9.53 Å². The largest absolute Gasteiger partial charge is 0.491 e. The Kier molecular flexibility index (Phi) is 5.65. The van der Waals surface area contributed by atoms with Crippen LogP contribution in [0.4, 0.5) is 5.95 Å². The first-order chi connectivity index (χ1) is 14.5. The second-order valence-corrected chi connectivity index (χ2v) is 7.74. The number of carbonyl (C=O) groups is 1. The van der Waals surface area contributed by atoms with Gasteiger partial charge in [0, 0.05) is 49.7 Å². The van der Waals surface area contributed by atoms with Gasteiger partial charge in [-0.05, 0) is 44.5 Å². The molecule has 156 valence electrons. The maximum atomic E-state index is 12.7. The van der Waals surface area contributed by atoms with E-state index in [4.69, 9.17) is 4.74 Å². The SMILES string of the molecule is CC(C)Oc1cccc(C(=O)NC2CCN(c3nccc(-c4cnn(C)c4)n3)C2)c1. The predicted molar refractivity (Wildman–Crippen MR) is 115 cm³/mol. The molecule has 2 aromatic heterocycles. The lowest BCUT2D eigenvalue weighted by Gasteiger charge is -2.17. The number of aromatic nitrogens is 4. The number of carbonyl (C=O) groups excluding carboxylic acids is 1. The first kappa shape index (κ1) is 19.9. The van der Waals surface area contributed by atoms with Crippen LogP contribution in [-0.2, 0) is 7.05 Å². The van der Waals surface area contributed by atoms with E-state index < -0.39 is 0 Å². The molecule has 0 saturated carbocycles. The number of hydrogen-bond donors (Lipinski definition) is 1. The molecule has 0 spiro atoms. The Morgan fingerprint density at radius 1 is 1.30 bits per heavy atom. The molecule has 1 aromatic carbocycles. The molecule has 1 unspecified atom stereocenters. The standard InChI is InChI=1S/C22H26N6O2/c1-15(2)30-19-6-4-5-16(11-19)21(29)25-18-8-10-28(14-18)22-23-9-7-20(26-22)17-12-24-27(3)13-17/h4-7,9,11-13,15,18H,8,10,14H2,1-3H3,(H,25,29). The van der Waals surface area contributed by atoms with E-state index in [2.05, 4.69) is 25.3 Å². The average Bonchev–Trinajstić information content (AvgIpc) is 3.37. The minimum absolute atomic E-state index is 0.0396. The summed E-state index contributed by atoms with van der Waals surface area (Å²) in [5, 5.41) is 7.32. The Bertz CT molecular complexity index is 1030. The predicted octanol–water partition coefficient (Wildman–Crippen LogP) is 2.67. The van der Waals surface area contributed by atoms with Gasteiger partial charge in [-0.25, -0.2) is 9.97 Å². The minimum atomic E-state index is -0.0962. The van der Waals surface area contributed by atoms with Crippen molar-refractivity contribution in [2.75, 3.05) is 18.0 Å². The van der Waals surface area contributed by atoms with Gasteiger partial charge in [-0.15, -0.1) is 0 Å². The first-order valence-corrected chi connectivity index (χ1v) is 10.1. The van der Waals surface area contributed by atoms with Crippen LogP contribution >= 0.6 is 0 Å². The number of rotatable bonds is 6. The van der Waals surface area contributed by atoms with E-state index in [1.54, 1.807) is 29.2 Å². The number of aryl methyl sites for hydroxylation is 1. The number of nitrogens with one attached hydrogen (secondary N) is 1. The molecular weight excluding hydrogens is 380 g/mol. The Hall–Kier alpha value is -3.42. The van der Waals surface area contributed by atoms with Crippen LogP contribution < -0.4 is 15.0 Å². The van der Waals surface area contributed by atoms with Crippen LogP contribution in [0.15, 0.2) is 48.9 Å². The summed E-state index contributed by atoms with van der Waals surface area (Å²) in [6.07, 6.45) is 6.38. The summed E-state index contributed by atoms with van der Waals surface area (Å²) in [5.74, 6) is 1.27. The fourth-order valence-corrected chi connectivity index (χ4v) is 3.53. The monoisotopic (exact) mass is 406 g/mol. The lowest BCUT2D eigenvalue weighted by atomic mass is 10.1. The molecule has 1 aliphatic rings. The number of amides is 1. The molecular formula is C22H26N6O2. The second kappa shape index (κ2) is 8.52. The van der Waals surface area contributed by atoms with Crippen molar-refractivity contribution in [3.63, 3.8) is 0 Å². The highest BCUT2D eigenvalue weighted by atomic mass is 16.5. The van der Waals surface area contributed by atoms with Crippen LogP contribution in [-0.4, -0.2) is 50.9 Å². The van der Waals surface area contributed by atoms with Gasteiger partial charge < -0.3 is 15.0 Å². The van der Waals surface area contributed by atoms with E-state index in [9.17, 15) is 4.79 Å². The number of nitrogens with zero attached hydrogens (tertiary/aromatic N) is 5. The summed E-state index contributed by atoms with van der Waals surface area (Å²) in [5.41, 5.74) is 2.39. The molecule has 3 aromatic rings. The molecule has 1 saturated heterocycles. The van der Waals surface area contributed by atoms with Gasteiger partial charge in [-0.2, -0.15) is 5.10 Å². The minimum Gasteiger partial charge on any atom is -0.491 e. The zero-order valence-corrected chi connectivity index (χ0v) is 17.4. The summed E-state index contributed by atoms with van der Waals surface area (Å²) in [6.45, 7) is 5.39. The highest BCUT2D eigenvalue weighted by Crippen LogP contribution is 2.21. The highest BCUT2D eigenvalue weighted by Gasteiger charge is 2.26. The van der Waals surface area contributed by atoms with Gasteiger partial charge in [0.15, 0.2) is 0 Å². The van der Waals surface area contributed by atoms with E-state index in [0.717, 1.165) is 24.2 Å².